The second kappa shape index (κ2) is 9.09. The van der Waals surface area contributed by atoms with E-state index in [-0.39, 0.29) is 5.82 Å². The van der Waals surface area contributed by atoms with Crippen molar-refractivity contribution in [3.63, 3.8) is 0 Å². The normalized spacial score (nSPS) is 10.8. The van der Waals surface area contributed by atoms with Crippen molar-refractivity contribution >= 4 is 0 Å². The molecule has 2 heteroatoms. The van der Waals surface area contributed by atoms with E-state index in [1.165, 1.54) is 37.7 Å². The van der Waals surface area contributed by atoms with Gasteiger partial charge in [-0.2, -0.15) is 0 Å². The molecule has 0 aliphatic heterocycles. The zero-order valence-electron chi connectivity index (χ0n) is 11.8. The molecule has 102 valence electrons. The highest BCUT2D eigenvalue weighted by molar-refractivity contribution is 5.23. The van der Waals surface area contributed by atoms with Crippen LogP contribution in [0.15, 0.2) is 18.2 Å². The Labute approximate surface area is 111 Å². The molecule has 0 radical (unpaired) electrons. The number of halogens is 1. The second-order valence-corrected chi connectivity index (χ2v) is 5.00. The summed E-state index contributed by atoms with van der Waals surface area (Å²) in [6.45, 7) is 6.30. The van der Waals surface area contributed by atoms with Crippen LogP contribution < -0.4 is 5.32 Å². The third-order valence-corrected chi connectivity index (χ3v) is 3.22. The third-order valence-electron chi connectivity index (χ3n) is 3.22. The lowest BCUT2D eigenvalue weighted by atomic mass is 10.0. The number of hydrogen-bond acceptors (Lipinski definition) is 1. The van der Waals surface area contributed by atoms with Crippen LogP contribution in [0.1, 0.15) is 50.2 Å². The van der Waals surface area contributed by atoms with Crippen molar-refractivity contribution < 1.29 is 4.39 Å². The largest absolute Gasteiger partial charge is 0.317 e. The molecule has 1 N–H and O–H groups in total. The SMILES string of the molecule is CCCNCCCCCCc1ccc(F)c(C)c1. The Kier molecular flexibility index (Phi) is 7.66. The average Bonchev–Trinajstić information content (AvgIpc) is 2.37. The van der Waals surface area contributed by atoms with Crippen molar-refractivity contribution in [3.05, 3.63) is 35.1 Å². The molecule has 1 aromatic rings. The zero-order valence-corrected chi connectivity index (χ0v) is 11.8. The van der Waals surface area contributed by atoms with Crippen molar-refractivity contribution in [1.29, 1.82) is 0 Å². The van der Waals surface area contributed by atoms with Gasteiger partial charge < -0.3 is 5.32 Å². The predicted molar refractivity (Wildman–Crippen MR) is 76.5 cm³/mol. The van der Waals surface area contributed by atoms with E-state index in [2.05, 4.69) is 12.2 Å². The first-order valence-electron chi connectivity index (χ1n) is 7.19. The number of unbranched alkanes of at least 4 members (excludes halogenated alkanes) is 3. The molecule has 1 rings (SSSR count). The van der Waals surface area contributed by atoms with Crippen LogP contribution in [0.5, 0.6) is 0 Å². The van der Waals surface area contributed by atoms with E-state index in [4.69, 9.17) is 0 Å². The van der Waals surface area contributed by atoms with E-state index in [1.807, 2.05) is 19.1 Å². The Balaban J connectivity index is 2.05. The van der Waals surface area contributed by atoms with Gasteiger partial charge in [-0.05, 0) is 62.9 Å². The molecule has 0 bridgehead atoms. The maximum Gasteiger partial charge on any atom is 0.126 e. The molecule has 0 fully saturated rings. The fraction of sp³-hybridized carbons (Fsp3) is 0.625. The van der Waals surface area contributed by atoms with Gasteiger partial charge in [0.1, 0.15) is 5.82 Å². The summed E-state index contributed by atoms with van der Waals surface area (Å²) < 4.78 is 13.1. The van der Waals surface area contributed by atoms with Crippen LogP contribution >= 0.6 is 0 Å². The Morgan fingerprint density at radius 1 is 1.06 bits per heavy atom. The third kappa shape index (κ3) is 6.15. The quantitative estimate of drug-likeness (QED) is 0.647. The minimum Gasteiger partial charge on any atom is -0.317 e. The molecule has 0 aliphatic rings. The maximum absolute atomic E-state index is 13.1. The van der Waals surface area contributed by atoms with Gasteiger partial charge in [0.2, 0.25) is 0 Å². The first-order valence-corrected chi connectivity index (χ1v) is 7.19. The van der Waals surface area contributed by atoms with Crippen LogP contribution in [0, 0.1) is 12.7 Å². The molecule has 0 heterocycles. The Hall–Kier alpha value is -0.890. The zero-order chi connectivity index (χ0) is 13.2. The molecule has 1 nitrogen and oxygen atoms in total. The van der Waals surface area contributed by atoms with Gasteiger partial charge in [0.05, 0.1) is 0 Å². The van der Waals surface area contributed by atoms with Crippen molar-refractivity contribution in [2.45, 2.75) is 52.4 Å². The van der Waals surface area contributed by atoms with Gasteiger partial charge in [0, 0.05) is 0 Å². The number of aryl methyl sites for hydroxylation is 2. The highest BCUT2D eigenvalue weighted by Gasteiger charge is 1.99. The van der Waals surface area contributed by atoms with E-state index in [0.717, 1.165) is 25.1 Å². The topological polar surface area (TPSA) is 12.0 Å². The highest BCUT2D eigenvalue weighted by atomic mass is 19.1. The summed E-state index contributed by atoms with van der Waals surface area (Å²) in [5, 5.41) is 3.42. The standard InChI is InChI=1S/C16H26FN/c1-3-11-18-12-7-5-4-6-8-15-9-10-16(17)14(2)13-15/h9-10,13,18H,3-8,11-12H2,1-2H3. The van der Waals surface area contributed by atoms with Crippen LogP contribution in [-0.2, 0) is 6.42 Å². The molecular weight excluding hydrogens is 225 g/mol. The van der Waals surface area contributed by atoms with Gasteiger partial charge in [0.15, 0.2) is 0 Å². The molecule has 0 aliphatic carbocycles. The van der Waals surface area contributed by atoms with Crippen LogP contribution in [0.3, 0.4) is 0 Å². The second-order valence-electron chi connectivity index (χ2n) is 5.00. The minimum absolute atomic E-state index is 0.0965. The summed E-state index contributed by atoms with van der Waals surface area (Å²) >= 11 is 0. The summed E-state index contributed by atoms with van der Waals surface area (Å²) in [6, 6.07) is 5.46. The van der Waals surface area contributed by atoms with Crippen molar-refractivity contribution in [3.8, 4) is 0 Å². The monoisotopic (exact) mass is 251 g/mol. The maximum atomic E-state index is 13.1. The van der Waals surface area contributed by atoms with Gasteiger partial charge in [-0.3, -0.25) is 0 Å². The number of hydrogen-bond donors (Lipinski definition) is 1. The lowest BCUT2D eigenvalue weighted by molar-refractivity contribution is 0.584. The van der Waals surface area contributed by atoms with Crippen LogP contribution in [0.4, 0.5) is 4.39 Å². The molecule has 0 saturated heterocycles. The van der Waals surface area contributed by atoms with E-state index in [1.54, 1.807) is 6.07 Å². The molecule has 0 amide bonds. The predicted octanol–water partition coefficient (Wildman–Crippen LogP) is 4.24. The molecule has 0 atom stereocenters. The van der Waals surface area contributed by atoms with Crippen LogP contribution in [0.2, 0.25) is 0 Å². The first kappa shape index (κ1) is 15.2. The van der Waals surface area contributed by atoms with Gasteiger partial charge in [-0.25, -0.2) is 4.39 Å². The lowest BCUT2D eigenvalue weighted by Crippen LogP contribution is -2.15. The van der Waals surface area contributed by atoms with Gasteiger partial charge >= 0.3 is 0 Å². The fourth-order valence-electron chi connectivity index (χ4n) is 2.10. The molecule has 18 heavy (non-hydrogen) atoms. The summed E-state index contributed by atoms with van der Waals surface area (Å²) in [5.74, 6) is -0.0965. The fourth-order valence-corrected chi connectivity index (χ4v) is 2.10. The smallest absolute Gasteiger partial charge is 0.126 e. The summed E-state index contributed by atoms with van der Waals surface area (Å²) in [5.41, 5.74) is 2.02. The van der Waals surface area contributed by atoms with Crippen molar-refractivity contribution in [2.75, 3.05) is 13.1 Å². The van der Waals surface area contributed by atoms with Gasteiger partial charge in [-0.15, -0.1) is 0 Å². The summed E-state index contributed by atoms with van der Waals surface area (Å²) in [7, 11) is 0. The van der Waals surface area contributed by atoms with Gasteiger partial charge in [-0.1, -0.05) is 31.9 Å². The minimum atomic E-state index is -0.0965. The Morgan fingerprint density at radius 3 is 2.56 bits per heavy atom. The number of nitrogens with one attached hydrogen (secondary N) is 1. The van der Waals surface area contributed by atoms with Crippen molar-refractivity contribution in [2.24, 2.45) is 0 Å². The number of benzene rings is 1. The van der Waals surface area contributed by atoms with Gasteiger partial charge in [0.25, 0.3) is 0 Å². The molecule has 0 unspecified atom stereocenters. The molecule has 0 spiro atoms. The van der Waals surface area contributed by atoms with Crippen molar-refractivity contribution in [1.82, 2.24) is 5.32 Å². The van der Waals surface area contributed by atoms with Crippen LogP contribution in [0.25, 0.3) is 0 Å². The molecule has 1 aromatic carbocycles. The van der Waals surface area contributed by atoms with E-state index >= 15 is 0 Å². The van der Waals surface area contributed by atoms with Crippen LogP contribution in [-0.4, -0.2) is 13.1 Å². The van der Waals surface area contributed by atoms with E-state index in [0.29, 0.717) is 0 Å². The number of rotatable bonds is 9. The van der Waals surface area contributed by atoms with E-state index in [9.17, 15) is 4.39 Å². The molecular formula is C16H26FN. The van der Waals surface area contributed by atoms with E-state index < -0.39 is 0 Å². The summed E-state index contributed by atoms with van der Waals surface area (Å²) in [6.07, 6.45) is 7.32. The lowest BCUT2D eigenvalue weighted by Gasteiger charge is -2.05. The summed E-state index contributed by atoms with van der Waals surface area (Å²) in [4.78, 5) is 0. The molecule has 0 saturated carbocycles. The molecule has 0 aromatic heterocycles. The Morgan fingerprint density at radius 2 is 1.83 bits per heavy atom. The highest BCUT2D eigenvalue weighted by Crippen LogP contribution is 2.12. The average molecular weight is 251 g/mol. The Bertz CT molecular complexity index is 336. The first-order chi connectivity index (χ1) is 8.74.